The summed E-state index contributed by atoms with van der Waals surface area (Å²) in [5.41, 5.74) is 0.337. The van der Waals surface area contributed by atoms with E-state index in [2.05, 4.69) is 0 Å². The predicted octanol–water partition coefficient (Wildman–Crippen LogP) is 3.37. The topological polar surface area (TPSA) is 40.5 Å². The molecule has 0 bridgehead atoms. The molecule has 0 unspecified atom stereocenters. The Bertz CT molecular complexity index is 567. The van der Waals surface area contributed by atoms with Crippen LogP contribution in [0.1, 0.15) is 69.3 Å². The van der Waals surface area contributed by atoms with E-state index in [1.54, 1.807) is 6.07 Å². The Hall–Kier alpha value is -1.42. The number of aliphatic hydroxyl groups is 1. The van der Waals surface area contributed by atoms with E-state index in [4.69, 9.17) is 0 Å². The maximum atomic E-state index is 14.3. The van der Waals surface area contributed by atoms with Gasteiger partial charge >= 0.3 is 0 Å². The molecule has 0 spiro atoms. The van der Waals surface area contributed by atoms with Gasteiger partial charge in [0.05, 0.1) is 5.56 Å². The summed E-state index contributed by atoms with van der Waals surface area (Å²) in [6.07, 6.45) is -1.09. The fourth-order valence-corrected chi connectivity index (χ4v) is 2.53. The van der Waals surface area contributed by atoms with E-state index < -0.39 is 23.5 Å². The molecule has 1 aromatic rings. The summed E-state index contributed by atoms with van der Waals surface area (Å²) < 4.78 is 14.3. The third-order valence-electron chi connectivity index (χ3n) is 3.66. The number of halogens is 1. The Kier molecular flexibility index (Phi) is 3.21. The van der Waals surface area contributed by atoms with Crippen LogP contribution in [0, 0.1) is 5.82 Å². The lowest BCUT2D eigenvalue weighted by Crippen LogP contribution is -2.43. The van der Waals surface area contributed by atoms with Gasteiger partial charge in [-0.15, -0.1) is 0 Å². The van der Waals surface area contributed by atoms with Gasteiger partial charge in [0.1, 0.15) is 5.82 Å². The molecule has 0 aliphatic carbocycles. The lowest BCUT2D eigenvalue weighted by molar-refractivity contribution is -0.0228. The smallest absolute Gasteiger partial charge is 0.260 e. The van der Waals surface area contributed by atoms with Gasteiger partial charge in [0, 0.05) is 11.1 Å². The van der Waals surface area contributed by atoms with Crippen LogP contribution in [0.5, 0.6) is 0 Å². The number of carbonyl (C=O) groups excluding carboxylic acids is 1. The second-order valence-corrected chi connectivity index (χ2v) is 7.39. The average Bonchev–Trinajstić information content (AvgIpc) is 2.49. The average molecular weight is 279 g/mol. The van der Waals surface area contributed by atoms with Crippen molar-refractivity contribution in [1.29, 1.82) is 0 Å². The zero-order valence-corrected chi connectivity index (χ0v) is 12.9. The van der Waals surface area contributed by atoms with Crippen LogP contribution in [0.4, 0.5) is 4.39 Å². The standard InChI is InChI=1S/C16H22FNO2/c1-15(2,3)9-7-10-12(11(17)8-9)14(20)18(13(10)19)16(4,5)6/h7-8,13,19H,1-6H3/t13-/m0/s1. The van der Waals surface area contributed by atoms with Crippen LogP contribution in [0.2, 0.25) is 0 Å². The number of rotatable bonds is 0. The molecule has 0 radical (unpaired) electrons. The van der Waals surface area contributed by atoms with Gasteiger partial charge in [0.25, 0.3) is 5.91 Å². The number of carbonyl (C=O) groups is 1. The van der Waals surface area contributed by atoms with Gasteiger partial charge in [0.2, 0.25) is 0 Å². The van der Waals surface area contributed by atoms with Crippen LogP contribution in [0.15, 0.2) is 12.1 Å². The maximum absolute atomic E-state index is 14.3. The van der Waals surface area contributed by atoms with E-state index in [1.807, 2.05) is 41.5 Å². The molecule has 1 N–H and O–H groups in total. The van der Waals surface area contributed by atoms with Gasteiger partial charge in [0.15, 0.2) is 6.23 Å². The number of nitrogens with zero attached hydrogens (tertiary/aromatic N) is 1. The second-order valence-electron chi connectivity index (χ2n) is 7.39. The van der Waals surface area contributed by atoms with Crippen molar-refractivity contribution in [1.82, 2.24) is 4.90 Å². The van der Waals surface area contributed by atoms with Crippen molar-refractivity contribution >= 4 is 5.91 Å². The van der Waals surface area contributed by atoms with Crippen molar-refractivity contribution in [3.05, 3.63) is 34.6 Å². The van der Waals surface area contributed by atoms with Crippen molar-refractivity contribution in [2.45, 2.75) is 58.7 Å². The highest BCUT2D eigenvalue weighted by molar-refractivity contribution is 5.99. The number of aliphatic hydroxyl groups excluding tert-OH is 1. The normalized spacial score (nSPS) is 19.5. The van der Waals surface area contributed by atoms with Crippen LogP contribution in [0.25, 0.3) is 0 Å². The van der Waals surface area contributed by atoms with E-state index in [1.165, 1.54) is 11.0 Å². The lowest BCUT2D eigenvalue weighted by atomic mass is 9.85. The molecule has 1 aromatic carbocycles. The van der Waals surface area contributed by atoms with E-state index >= 15 is 0 Å². The summed E-state index contributed by atoms with van der Waals surface area (Å²) in [6, 6.07) is 3.14. The molecule has 1 atom stereocenters. The first-order chi connectivity index (χ1) is 8.94. The van der Waals surface area contributed by atoms with Crippen molar-refractivity contribution < 1.29 is 14.3 Å². The largest absolute Gasteiger partial charge is 0.369 e. The molecule has 3 nitrogen and oxygen atoms in total. The van der Waals surface area contributed by atoms with Gasteiger partial charge in [-0.1, -0.05) is 20.8 Å². The minimum absolute atomic E-state index is 0.000394. The Labute approximate surface area is 119 Å². The highest BCUT2D eigenvalue weighted by Gasteiger charge is 2.43. The first-order valence-electron chi connectivity index (χ1n) is 6.80. The monoisotopic (exact) mass is 279 g/mol. The number of hydrogen-bond donors (Lipinski definition) is 1. The molecule has 1 amide bonds. The molecule has 110 valence electrons. The van der Waals surface area contributed by atoms with Crippen LogP contribution >= 0.6 is 0 Å². The van der Waals surface area contributed by atoms with Crippen molar-refractivity contribution in [2.75, 3.05) is 0 Å². The van der Waals surface area contributed by atoms with Crippen LogP contribution in [0.3, 0.4) is 0 Å². The Morgan fingerprint density at radius 3 is 2.15 bits per heavy atom. The van der Waals surface area contributed by atoms with E-state index in [9.17, 15) is 14.3 Å². The fraction of sp³-hybridized carbons (Fsp3) is 0.562. The first kappa shape index (κ1) is 15.0. The second kappa shape index (κ2) is 4.29. The summed E-state index contributed by atoms with van der Waals surface area (Å²) in [5.74, 6) is -0.999. The molecule has 0 aromatic heterocycles. The molecule has 0 saturated heterocycles. The van der Waals surface area contributed by atoms with Gasteiger partial charge in [-0.25, -0.2) is 4.39 Å². The highest BCUT2D eigenvalue weighted by atomic mass is 19.1. The summed E-state index contributed by atoms with van der Waals surface area (Å²) in [7, 11) is 0. The molecular weight excluding hydrogens is 257 g/mol. The molecule has 1 aliphatic heterocycles. The lowest BCUT2D eigenvalue weighted by Gasteiger charge is -2.34. The van der Waals surface area contributed by atoms with Gasteiger partial charge < -0.3 is 10.0 Å². The zero-order valence-electron chi connectivity index (χ0n) is 12.9. The van der Waals surface area contributed by atoms with E-state index in [-0.39, 0.29) is 11.0 Å². The third-order valence-corrected chi connectivity index (χ3v) is 3.66. The van der Waals surface area contributed by atoms with Gasteiger partial charge in [-0.3, -0.25) is 4.79 Å². The van der Waals surface area contributed by atoms with Crippen LogP contribution in [-0.4, -0.2) is 21.5 Å². The Balaban J connectivity index is 2.62. The molecule has 20 heavy (non-hydrogen) atoms. The van der Waals surface area contributed by atoms with E-state index in [0.717, 1.165) is 5.56 Å². The fourth-order valence-electron chi connectivity index (χ4n) is 2.53. The summed E-state index contributed by atoms with van der Waals surface area (Å²) in [5, 5.41) is 10.4. The van der Waals surface area contributed by atoms with Crippen LogP contribution in [-0.2, 0) is 5.41 Å². The van der Waals surface area contributed by atoms with Crippen molar-refractivity contribution in [2.24, 2.45) is 0 Å². The Morgan fingerprint density at radius 1 is 1.15 bits per heavy atom. The van der Waals surface area contributed by atoms with Crippen molar-refractivity contribution in [3.8, 4) is 0 Å². The summed E-state index contributed by atoms with van der Waals surface area (Å²) in [6.45, 7) is 11.4. The highest BCUT2D eigenvalue weighted by Crippen LogP contribution is 2.40. The first-order valence-corrected chi connectivity index (χ1v) is 6.80. The van der Waals surface area contributed by atoms with Crippen LogP contribution < -0.4 is 0 Å². The minimum atomic E-state index is -1.09. The molecule has 0 fully saturated rings. The SMILES string of the molecule is CC(C)(C)c1cc(F)c2c(c1)[C@H](O)N(C(C)(C)C)C2=O. The number of benzene rings is 1. The third kappa shape index (κ3) is 2.22. The molecular formula is C16H22FNO2. The van der Waals surface area contributed by atoms with Gasteiger partial charge in [-0.2, -0.15) is 0 Å². The number of amides is 1. The Morgan fingerprint density at radius 2 is 1.70 bits per heavy atom. The predicted molar refractivity (Wildman–Crippen MR) is 76.0 cm³/mol. The summed E-state index contributed by atoms with van der Waals surface area (Å²) in [4.78, 5) is 13.7. The van der Waals surface area contributed by atoms with E-state index in [0.29, 0.717) is 5.56 Å². The van der Waals surface area contributed by atoms with Gasteiger partial charge in [-0.05, 0) is 43.9 Å². The molecule has 1 heterocycles. The molecule has 0 saturated carbocycles. The molecule has 4 heteroatoms. The minimum Gasteiger partial charge on any atom is -0.369 e. The number of fused-ring (bicyclic) bond motifs is 1. The quantitative estimate of drug-likeness (QED) is 0.791. The maximum Gasteiger partial charge on any atom is 0.260 e. The molecule has 1 aliphatic rings. The zero-order chi connectivity index (χ0) is 15.5. The molecule has 2 rings (SSSR count). The number of hydrogen-bond acceptors (Lipinski definition) is 2. The summed E-state index contributed by atoms with van der Waals surface area (Å²) >= 11 is 0. The van der Waals surface area contributed by atoms with Crippen molar-refractivity contribution in [3.63, 3.8) is 0 Å².